The molecule has 7 heteroatoms. The van der Waals surface area contributed by atoms with Gasteiger partial charge in [0.05, 0.1) is 19.3 Å². The number of likely N-dealkylation sites (N-methyl/N-ethyl adjacent to an activating group) is 1. The molecule has 0 aromatic carbocycles. The smallest absolute Gasteiger partial charge is 0.224 e. The molecule has 0 amide bonds. The summed E-state index contributed by atoms with van der Waals surface area (Å²) in [5.41, 5.74) is 0. The minimum Gasteiger partial charge on any atom is -0.379 e. The van der Waals surface area contributed by atoms with E-state index >= 15 is 0 Å². The van der Waals surface area contributed by atoms with Crippen LogP contribution in [-0.2, 0) is 9.47 Å². The maximum absolute atomic E-state index is 5.96. The molecule has 0 spiro atoms. The fourth-order valence-corrected chi connectivity index (χ4v) is 2.30. The van der Waals surface area contributed by atoms with E-state index in [4.69, 9.17) is 9.47 Å². The molecule has 2 rings (SSSR count). The molecular formula is C15H27N5O2. The van der Waals surface area contributed by atoms with Gasteiger partial charge in [-0.3, -0.25) is 0 Å². The Morgan fingerprint density at radius 1 is 1.45 bits per heavy atom. The number of ether oxygens (including phenoxy) is 2. The number of hydrogen-bond acceptors (Lipinski definition) is 7. The zero-order valence-electron chi connectivity index (χ0n) is 13.7. The average Bonchev–Trinajstić information content (AvgIpc) is 2.49. The van der Waals surface area contributed by atoms with Crippen LogP contribution in [0.25, 0.3) is 0 Å². The Kier molecular flexibility index (Phi) is 6.82. The summed E-state index contributed by atoms with van der Waals surface area (Å²) in [6.45, 7) is 5.82. The first kappa shape index (κ1) is 16.9. The van der Waals surface area contributed by atoms with Crippen LogP contribution in [0.2, 0.25) is 0 Å². The lowest BCUT2D eigenvalue weighted by Gasteiger charge is -2.32. The highest BCUT2D eigenvalue weighted by Crippen LogP contribution is 2.16. The maximum atomic E-state index is 5.96. The molecule has 1 aromatic rings. The fourth-order valence-electron chi connectivity index (χ4n) is 2.30. The molecule has 124 valence electrons. The molecule has 1 aromatic heterocycles. The summed E-state index contributed by atoms with van der Waals surface area (Å²) in [6.07, 6.45) is 2.68. The van der Waals surface area contributed by atoms with Crippen LogP contribution in [0.5, 0.6) is 0 Å². The summed E-state index contributed by atoms with van der Waals surface area (Å²) in [6, 6.07) is 2.04. The van der Waals surface area contributed by atoms with Crippen molar-refractivity contribution in [2.45, 2.75) is 25.5 Å². The van der Waals surface area contributed by atoms with E-state index < -0.39 is 0 Å². The Labute approximate surface area is 132 Å². The summed E-state index contributed by atoms with van der Waals surface area (Å²) in [4.78, 5) is 10.9. The summed E-state index contributed by atoms with van der Waals surface area (Å²) < 4.78 is 11.5. The van der Waals surface area contributed by atoms with Gasteiger partial charge < -0.3 is 25.0 Å². The van der Waals surface area contributed by atoms with E-state index in [0.29, 0.717) is 19.2 Å². The highest BCUT2D eigenvalue weighted by Gasteiger charge is 2.27. The molecule has 1 saturated heterocycles. The van der Waals surface area contributed by atoms with Crippen LogP contribution in [0.3, 0.4) is 0 Å². The predicted octanol–water partition coefficient (Wildman–Crippen LogP) is 1.06. The van der Waals surface area contributed by atoms with Gasteiger partial charge in [-0.05, 0) is 33.5 Å². The van der Waals surface area contributed by atoms with E-state index in [-0.39, 0.29) is 12.1 Å². The summed E-state index contributed by atoms with van der Waals surface area (Å²) >= 11 is 0. The summed E-state index contributed by atoms with van der Waals surface area (Å²) in [7, 11) is 4.08. The molecular weight excluding hydrogens is 282 g/mol. The average molecular weight is 309 g/mol. The van der Waals surface area contributed by atoms with Crippen molar-refractivity contribution < 1.29 is 9.47 Å². The third kappa shape index (κ3) is 5.40. The van der Waals surface area contributed by atoms with Crippen LogP contribution in [0.1, 0.15) is 13.3 Å². The molecule has 2 heterocycles. The third-order valence-electron chi connectivity index (χ3n) is 3.50. The van der Waals surface area contributed by atoms with E-state index in [0.717, 1.165) is 31.9 Å². The molecule has 22 heavy (non-hydrogen) atoms. The lowest BCUT2D eigenvalue weighted by atomic mass is 10.1. The summed E-state index contributed by atoms with van der Waals surface area (Å²) in [5.74, 6) is 1.46. The number of hydrogen-bond donors (Lipinski definition) is 2. The molecule has 0 unspecified atom stereocenters. The fraction of sp³-hybridized carbons (Fsp3) is 0.733. The van der Waals surface area contributed by atoms with Crippen LogP contribution < -0.4 is 10.6 Å². The van der Waals surface area contributed by atoms with Crippen molar-refractivity contribution in [3.05, 3.63) is 12.3 Å². The van der Waals surface area contributed by atoms with Gasteiger partial charge in [-0.15, -0.1) is 0 Å². The van der Waals surface area contributed by atoms with Gasteiger partial charge in [-0.25, -0.2) is 4.98 Å². The van der Waals surface area contributed by atoms with E-state index in [1.54, 1.807) is 6.20 Å². The van der Waals surface area contributed by atoms with Crippen molar-refractivity contribution >= 4 is 11.8 Å². The lowest BCUT2D eigenvalue weighted by Crippen LogP contribution is -2.44. The normalized spacial score (nSPS) is 21.8. The van der Waals surface area contributed by atoms with Gasteiger partial charge in [-0.1, -0.05) is 0 Å². The summed E-state index contributed by atoms with van der Waals surface area (Å²) in [5, 5.41) is 6.58. The number of aromatic nitrogens is 2. The Morgan fingerprint density at radius 3 is 3.09 bits per heavy atom. The van der Waals surface area contributed by atoms with Crippen molar-refractivity contribution in [2.24, 2.45) is 0 Å². The van der Waals surface area contributed by atoms with Crippen molar-refractivity contribution in [1.82, 2.24) is 14.9 Å². The van der Waals surface area contributed by atoms with E-state index in [9.17, 15) is 0 Å². The molecule has 2 N–H and O–H groups in total. The first-order chi connectivity index (χ1) is 10.7. The van der Waals surface area contributed by atoms with E-state index in [2.05, 4.69) is 25.5 Å². The highest BCUT2D eigenvalue weighted by atomic mass is 16.5. The minimum atomic E-state index is 0.0279. The lowest BCUT2D eigenvalue weighted by molar-refractivity contribution is -0.0592. The second-order valence-electron chi connectivity index (χ2n) is 5.62. The SMILES string of the molecule is CCNc1ccnc(N[C@@H]2CCOC[C@H]2OCCN(C)C)n1. The molecule has 2 atom stereocenters. The van der Waals surface area contributed by atoms with Gasteiger partial charge in [0, 0.05) is 25.9 Å². The molecule has 1 aliphatic heterocycles. The van der Waals surface area contributed by atoms with E-state index in [1.807, 2.05) is 27.1 Å². The number of anilines is 2. The van der Waals surface area contributed by atoms with Gasteiger partial charge in [0.15, 0.2) is 0 Å². The highest BCUT2D eigenvalue weighted by molar-refractivity contribution is 5.40. The zero-order valence-corrected chi connectivity index (χ0v) is 13.7. The van der Waals surface area contributed by atoms with Gasteiger partial charge in [0.1, 0.15) is 11.9 Å². The number of rotatable bonds is 8. The quantitative estimate of drug-likeness (QED) is 0.744. The van der Waals surface area contributed by atoms with Crippen LogP contribution in [0.4, 0.5) is 11.8 Å². The van der Waals surface area contributed by atoms with Gasteiger partial charge in [0.2, 0.25) is 5.95 Å². The Hall–Kier alpha value is -1.44. The third-order valence-corrected chi connectivity index (χ3v) is 3.50. The molecule has 7 nitrogen and oxygen atoms in total. The largest absolute Gasteiger partial charge is 0.379 e. The van der Waals surface area contributed by atoms with Crippen LogP contribution in [0.15, 0.2) is 12.3 Å². The topological polar surface area (TPSA) is 71.5 Å². The standard InChI is InChI=1S/C15H27N5O2/c1-4-16-14-5-7-17-15(19-14)18-12-6-9-21-11-13(12)22-10-8-20(2)3/h5,7,12-13H,4,6,8-11H2,1-3H3,(H2,16,17,18,19)/t12-,13-/m1/s1. The van der Waals surface area contributed by atoms with Crippen molar-refractivity contribution in [3.63, 3.8) is 0 Å². The van der Waals surface area contributed by atoms with Crippen LogP contribution in [-0.4, -0.2) is 74.0 Å². The van der Waals surface area contributed by atoms with Crippen LogP contribution >= 0.6 is 0 Å². The van der Waals surface area contributed by atoms with Crippen molar-refractivity contribution in [3.8, 4) is 0 Å². The van der Waals surface area contributed by atoms with Gasteiger partial charge in [0.25, 0.3) is 0 Å². The van der Waals surface area contributed by atoms with Crippen molar-refractivity contribution in [1.29, 1.82) is 0 Å². The Balaban J connectivity index is 1.91. The molecule has 0 aliphatic carbocycles. The van der Waals surface area contributed by atoms with Crippen molar-refractivity contribution in [2.75, 3.05) is 57.6 Å². The second-order valence-corrected chi connectivity index (χ2v) is 5.62. The molecule has 0 radical (unpaired) electrons. The maximum Gasteiger partial charge on any atom is 0.224 e. The Morgan fingerprint density at radius 2 is 2.32 bits per heavy atom. The van der Waals surface area contributed by atoms with Crippen LogP contribution in [0, 0.1) is 0 Å². The monoisotopic (exact) mass is 309 g/mol. The first-order valence-corrected chi connectivity index (χ1v) is 7.86. The van der Waals surface area contributed by atoms with E-state index in [1.165, 1.54) is 0 Å². The molecule has 1 fully saturated rings. The first-order valence-electron chi connectivity index (χ1n) is 7.86. The molecule has 1 aliphatic rings. The number of nitrogens with one attached hydrogen (secondary N) is 2. The zero-order chi connectivity index (χ0) is 15.8. The minimum absolute atomic E-state index is 0.0279. The van der Waals surface area contributed by atoms with Gasteiger partial charge >= 0.3 is 0 Å². The Bertz CT molecular complexity index is 444. The van der Waals surface area contributed by atoms with Gasteiger partial charge in [-0.2, -0.15) is 4.98 Å². The number of nitrogens with zero attached hydrogens (tertiary/aromatic N) is 3. The predicted molar refractivity (Wildman–Crippen MR) is 87.3 cm³/mol. The molecule has 0 bridgehead atoms. The molecule has 0 saturated carbocycles. The second kappa shape index (κ2) is 8.87.